The molecular formula is C23H23N3O2. The van der Waals surface area contributed by atoms with Crippen LogP contribution in [0.5, 0.6) is 0 Å². The first kappa shape index (κ1) is 17.2. The van der Waals surface area contributed by atoms with Crippen LogP contribution in [0.1, 0.15) is 50.1 Å². The maximum atomic E-state index is 13.2. The highest BCUT2D eigenvalue weighted by molar-refractivity contribution is 6.00. The largest absolute Gasteiger partial charge is 0.423 e. The average molecular weight is 373 g/mol. The summed E-state index contributed by atoms with van der Waals surface area (Å²) in [5.74, 6) is 0.270. The minimum atomic E-state index is -0.258. The van der Waals surface area contributed by atoms with Crippen LogP contribution in [0.4, 0.5) is 0 Å². The van der Waals surface area contributed by atoms with Crippen molar-refractivity contribution >= 4 is 11.1 Å². The normalized spacial score (nSPS) is 18.6. The van der Waals surface area contributed by atoms with Gasteiger partial charge in [-0.3, -0.25) is 4.79 Å². The quantitative estimate of drug-likeness (QED) is 0.632. The van der Waals surface area contributed by atoms with E-state index in [9.17, 15) is 4.79 Å². The maximum absolute atomic E-state index is 13.2. The number of nitrogens with zero attached hydrogens (tertiary/aromatic N) is 3. The van der Waals surface area contributed by atoms with Gasteiger partial charge in [-0.05, 0) is 43.0 Å². The van der Waals surface area contributed by atoms with Gasteiger partial charge >= 0.3 is 0 Å². The zero-order chi connectivity index (χ0) is 19.8. The van der Waals surface area contributed by atoms with Crippen molar-refractivity contribution in [1.29, 1.82) is 0 Å². The summed E-state index contributed by atoms with van der Waals surface area (Å²) in [5.41, 5.74) is 7.06. The molecule has 1 aliphatic heterocycles. The van der Waals surface area contributed by atoms with Crippen LogP contribution in [0.2, 0.25) is 0 Å². The first-order valence-electron chi connectivity index (χ1n) is 9.60. The molecule has 28 heavy (non-hydrogen) atoms. The molecule has 5 heteroatoms. The summed E-state index contributed by atoms with van der Waals surface area (Å²) in [6, 6.07) is 8.60. The number of fused-ring (bicyclic) bond motifs is 4. The van der Waals surface area contributed by atoms with Gasteiger partial charge in [0.1, 0.15) is 5.56 Å². The van der Waals surface area contributed by atoms with E-state index < -0.39 is 0 Å². The van der Waals surface area contributed by atoms with E-state index in [0.717, 1.165) is 17.7 Å². The Kier molecular flexibility index (Phi) is 3.26. The Hall–Kier alpha value is -2.95. The van der Waals surface area contributed by atoms with Gasteiger partial charge in [0.15, 0.2) is 5.43 Å². The van der Waals surface area contributed by atoms with Crippen molar-refractivity contribution < 1.29 is 4.42 Å². The van der Waals surface area contributed by atoms with Crippen molar-refractivity contribution in [2.24, 2.45) is 5.41 Å². The highest BCUT2D eigenvalue weighted by Crippen LogP contribution is 2.58. The summed E-state index contributed by atoms with van der Waals surface area (Å²) in [5, 5.41) is 7.73. The Labute approximate surface area is 163 Å². The van der Waals surface area contributed by atoms with Crippen molar-refractivity contribution in [3.63, 3.8) is 0 Å². The third-order valence-electron chi connectivity index (χ3n) is 7.03. The first-order chi connectivity index (χ1) is 13.2. The van der Waals surface area contributed by atoms with Crippen molar-refractivity contribution in [3.05, 3.63) is 69.5 Å². The second-order valence-electron chi connectivity index (χ2n) is 8.83. The van der Waals surface area contributed by atoms with Crippen LogP contribution in [-0.4, -0.2) is 14.8 Å². The summed E-state index contributed by atoms with van der Waals surface area (Å²) >= 11 is 0. The molecule has 0 N–H and O–H groups in total. The molecule has 142 valence electrons. The highest BCUT2D eigenvalue weighted by Gasteiger charge is 2.50. The summed E-state index contributed by atoms with van der Waals surface area (Å²) < 4.78 is 7.61. The Balaban J connectivity index is 1.89. The van der Waals surface area contributed by atoms with Crippen LogP contribution >= 0.6 is 0 Å². The molecular weight excluding hydrogens is 350 g/mol. The average Bonchev–Trinajstić information content (AvgIpc) is 3.30. The van der Waals surface area contributed by atoms with Gasteiger partial charge in [-0.2, -0.15) is 0 Å². The fourth-order valence-corrected chi connectivity index (χ4v) is 4.88. The number of benzene rings is 1. The monoisotopic (exact) mass is 373 g/mol. The van der Waals surface area contributed by atoms with E-state index in [0.29, 0.717) is 5.56 Å². The number of pyridine rings is 1. The molecule has 0 saturated carbocycles. The van der Waals surface area contributed by atoms with Gasteiger partial charge in [-0.1, -0.05) is 38.1 Å². The van der Waals surface area contributed by atoms with E-state index in [-0.39, 0.29) is 22.3 Å². The van der Waals surface area contributed by atoms with Crippen molar-refractivity contribution in [1.82, 2.24) is 14.8 Å². The van der Waals surface area contributed by atoms with E-state index in [1.165, 1.54) is 28.7 Å². The molecule has 0 radical (unpaired) electrons. The molecule has 2 aliphatic rings. The van der Waals surface area contributed by atoms with Gasteiger partial charge in [-0.15, -0.1) is 10.2 Å². The molecule has 5 rings (SSSR count). The molecule has 0 unspecified atom stereocenters. The van der Waals surface area contributed by atoms with E-state index in [1.54, 1.807) is 0 Å². The Morgan fingerprint density at radius 2 is 1.86 bits per heavy atom. The van der Waals surface area contributed by atoms with Crippen LogP contribution in [-0.2, 0) is 12.0 Å². The summed E-state index contributed by atoms with van der Waals surface area (Å²) in [6.07, 6.45) is 4.02. The molecule has 0 spiro atoms. The van der Waals surface area contributed by atoms with E-state index in [1.807, 2.05) is 13.1 Å². The van der Waals surface area contributed by atoms with E-state index >= 15 is 0 Å². The fraction of sp³-hybridized carbons (Fsp3) is 0.348. The molecule has 5 nitrogen and oxygen atoms in total. The SMILES string of the molecule is Cc1c2n(cc(-c3nnco3)c1=O)C(C)(C)C(C)(C)C1=C2Cc2ccccc21. The van der Waals surface area contributed by atoms with Gasteiger partial charge in [0.05, 0.1) is 5.69 Å². The number of rotatable bonds is 1. The smallest absolute Gasteiger partial charge is 0.252 e. The molecule has 2 aromatic heterocycles. The lowest BCUT2D eigenvalue weighted by Gasteiger charge is -2.50. The van der Waals surface area contributed by atoms with Gasteiger partial charge in [-0.25, -0.2) is 0 Å². The topological polar surface area (TPSA) is 60.9 Å². The van der Waals surface area contributed by atoms with Crippen molar-refractivity contribution in [3.8, 4) is 11.5 Å². The van der Waals surface area contributed by atoms with Gasteiger partial charge in [0, 0.05) is 29.1 Å². The maximum Gasteiger partial charge on any atom is 0.252 e. The molecule has 3 heterocycles. The van der Waals surface area contributed by atoms with Crippen LogP contribution < -0.4 is 5.43 Å². The standard InChI is InChI=1S/C23H23N3O2/c1-13-19-16-10-14-8-6-7-9-15(14)18(16)22(2,3)23(4,5)26(19)11-17(20(13)27)21-25-24-12-28-21/h6-9,11-12H,10H2,1-5H3. The lowest BCUT2D eigenvalue weighted by atomic mass is 9.64. The number of aromatic nitrogens is 3. The Bertz CT molecular complexity index is 1210. The van der Waals surface area contributed by atoms with Crippen LogP contribution in [0, 0.1) is 12.3 Å². The van der Waals surface area contributed by atoms with Crippen molar-refractivity contribution in [2.45, 2.75) is 46.6 Å². The third-order valence-corrected chi connectivity index (χ3v) is 7.03. The minimum absolute atomic E-state index is 0.0474. The number of hydrogen-bond donors (Lipinski definition) is 0. The Morgan fingerprint density at radius 1 is 1.11 bits per heavy atom. The third kappa shape index (κ3) is 1.94. The minimum Gasteiger partial charge on any atom is -0.423 e. The molecule has 0 amide bonds. The summed E-state index contributed by atoms with van der Waals surface area (Å²) in [4.78, 5) is 13.2. The lowest BCUT2D eigenvalue weighted by Crippen LogP contribution is -2.47. The second kappa shape index (κ2) is 5.31. The fourth-order valence-electron chi connectivity index (χ4n) is 4.88. The molecule has 0 atom stereocenters. The van der Waals surface area contributed by atoms with Gasteiger partial charge in [0.2, 0.25) is 6.39 Å². The van der Waals surface area contributed by atoms with E-state index in [4.69, 9.17) is 4.42 Å². The highest BCUT2D eigenvalue weighted by atomic mass is 16.4. The molecule has 0 saturated heterocycles. The predicted molar refractivity (Wildman–Crippen MR) is 109 cm³/mol. The number of allylic oxidation sites excluding steroid dienone is 2. The summed E-state index contributed by atoms with van der Waals surface area (Å²) in [6.45, 7) is 11.0. The second-order valence-corrected chi connectivity index (χ2v) is 8.83. The Morgan fingerprint density at radius 3 is 2.57 bits per heavy atom. The molecule has 1 aliphatic carbocycles. The van der Waals surface area contributed by atoms with Gasteiger partial charge < -0.3 is 8.98 Å². The van der Waals surface area contributed by atoms with Crippen molar-refractivity contribution in [2.75, 3.05) is 0 Å². The molecule has 0 bridgehead atoms. The number of hydrogen-bond acceptors (Lipinski definition) is 4. The van der Waals surface area contributed by atoms with Crippen LogP contribution in [0.3, 0.4) is 0 Å². The van der Waals surface area contributed by atoms with Crippen LogP contribution in [0.15, 0.2) is 46.1 Å². The zero-order valence-electron chi connectivity index (χ0n) is 16.8. The van der Waals surface area contributed by atoms with E-state index in [2.05, 4.69) is 66.7 Å². The molecule has 3 aromatic rings. The molecule has 1 aromatic carbocycles. The lowest BCUT2D eigenvalue weighted by molar-refractivity contribution is 0.175. The van der Waals surface area contributed by atoms with Crippen LogP contribution in [0.25, 0.3) is 22.6 Å². The first-order valence-corrected chi connectivity index (χ1v) is 9.60. The van der Waals surface area contributed by atoms with Gasteiger partial charge in [0.25, 0.3) is 5.89 Å². The zero-order valence-corrected chi connectivity index (χ0v) is 16.8. The molecule has 0 fully saturated rings. The predicted octanol–water partition coefficient (Wildman–Crippen LogP) is 4.45. The summed E-state index contributed by atoms with van der Waals surface area (Å²) in [7, 11) is 0.